The topological polar surface area (TPSA) is 93.7 Å². The summed E-state index contributed by atoms with van der Waals surface area (Å²) in [4.78, 5) is 42.5. The van der Waals surface area contributed by atoms with Gasteiger partial charge in [0, 0.05) is 56.6 Å². The zero-order valence-electron chi connectivity index (χ0n) is 22.4. The van der Waals surface area contributed by atoms with Gasteiger partial charge in [-0.1, -0.05) is 13.8 Å². The number of anilines is 4. The number of hydrogen-bond acceptors (Lipinski definition) is 7. The van der Waals surface area contributed by atoms with E-state index in [0.29, 0.717) is 42.5 Å². The van der Waals surface area contributed by atoms with Crippen molar-refractivity contribution in [3.8, 4) is 0 Å². The summed E-state index contributed by atoms with van der Waals surface area (Å²) in [6.07, 6.45) is 5.28. The Morgan fingerprint density at radius 3 is 2.47 bits per heavy atom. The summed E-state index contributed by atoms with van der Waals surface area (Å²) >= 11 is 0. The first-order valence-corrected chi connectivity index (χ1v) is 13.7. The fraction of sp³-hybridized carbons (Fsp3) is 0.571. The summed E-state index contributed by atoms with van der Waals surface area (Å²) in [7, 11) is 2.07. The van der Waals surface area contributed by atoms with E-state index in [1.807, 2.05) is 11.0 Å². The van der Waals surface area contributed by atoms with Crippen LogP contribution in [0.5, 0.6) is 0 Å². The number of likely N-dealkylation sites (N-methyl/N-ethyl adjacent to an activating group) is 1. The maximum absolute atomic E-state index is 15.1. The lowest BCUT2D eigenvalue weighted by atomic mass is 9.65. The molecule has 0 bridgehead atoms. The van der Waals surface area contributed by atoms with E-state index in [1.54, 1.807) is 12.3 Å². The lowest BCUT2D eigenvalue weighted by Crippen LogP contribution is -2.66. The Labute approximate surface area is 222 Å². The summed E-state index contributed by atoms with van der Waals surface area (Å²) in [5.74, 6) is 0.432. The average Bonchev–Trinajstić information content (AvgIpc) is 3.22. The number of aromatic nitrogens is 2. The van der Waals surface area contributed by atoms with Gasteiger partial charge in [-0.3, -0.25) is 14.5 Å². The molecule has 2 aromatic rings. The molecule has 2 saturated heterocycles. The van der Waals surface area contributed by atoms with Crippen molar-refractivity contribution in [3.63, 3.8) is 0 Å². The third-order valence-electron chi connectivity index (χ3n) is 9.22. The van der Waals surface area contributed by atoms with E-state index in [4.69, 9.17) is 4.98 Å². The molecule has 10 heteroatoms. The number of piperazine rings is 1. The van der Waals surface area contributed by atoms with E-state index >= 15 is 4.39 Å². The third-order valence-corrected chi connectivity index (χ3v) is 9.22. The maximum Gasteiger partial charge on any atom is 0.244 e. The number of nitrogens with zero attached hydrogens (tertiary/aromatic N) is 5. The molecule has 4 heterocycles. The van der Waals surface area contributed by atoms with Crippen molar-refractivity contribution in [2.24, 2.45) is 11.3 Å². The quantitative estimate of drug-likeness (QED) is 0.584. The van der Waals surface area contributed by atoms with E-state index < -0.39 is 5.41 Å². The minimum absolute atomic E-state index is 0.152. The molecule has 9 nitrogen and oxygen atoms in total. The molecular weight excluding hydrogens is 485 g/mol. The van der Waals surface area contributed by atoms with Crippen molar-refractivity contribution in [1.82, 2.24) is 20.2 Å². The first-order chi connectivity index (χ1) is 18.2. The molecule has 6 rings (SSSR count). The Morgan fingerprint density at radius 2 is 1.87 bits per heavy atom. The van der Waals surface area contributed by atoms with E-state index in [9.17, 15) is 9.59 Å². The van der Waals surface area contributed by atoms with Gasteiger partial charge in [-0.05, 0) is 56.8 Å². The highest BCUT2D eigenvalue weighted by Gasteiger charge is 2.60. The number of carbonyl (C=O) groups is 2. The molecule has 4 aliphatic rings. The molecule has 3 aliphatic heterocycles. The van der Waals surface area contributed by atoms with Crippen molar-refractivity contribution < 1.29 is 14.0 Å². The van der Waals surface area contributed by atoms with Crippen molar-refractivity contribution in [3.05, 3.63) is 35.8 Å². The Bertz CT molecular complexity index is 1270. The fourth-order valence-corrected chi connectivity index (χ4v) is 6.56. The van der Waals surface area contributed by atoms with Gasteiger partial charge in [0.2, 0.25) is 17.8 Å². The molecule has 38 heavy (non-hydrogen) atoms. The van der Waals surface area contributed by atoms with Gasteiger partial charge >= 0.3 is 0 Å². The van der Waals surface area contributed by atoms with Gasteiger partial charge in [-0.15, -0.1) is 0 Å². The zero-order chi connectivity index (χ0) is 26.7. The Balaban J connectivity index is 1.32. The molecule has 1 saturated carbocycles. The summed E-state index contributed by atoms with van der Waals surface area (Å²) in [6.45, 7) is 8.14. The second-order valence-electron chi connectivity index (χ2n) is 11.6. The first kappa shape index (κ1) is 25.0. The fourth-order valence-electron chi connectivity index (χ4n) is 6.56. The maximum atomic E-state index is 15.1. The number of nitrogens with one attached hydrogen (secondary N) is 2. The van der Waals surface area contributed by atoms with Crippen molar-refractivity contribution in [1.29, 1.82) is 0 Å². The molecule has 1 aromatic carbocycles. The predicted molar refractivity (Wildman–Crippen MR) is 144 cm³/mol. The molecule has 0 radical (unpaired) electrons. The van der Waals surface area contributed by atoms with Crippen LogP contribution in [-0.4, -0.2) is 72.0 Å². The Hall–Kier alpha value is -3.27. The smallest absolute Gasteiger partial charge is 0.244 e. The highest BCUT2D eigenvalue weighted by Crippen LogP contribution is 2.51. The highest BCUT2D eigenvalue weighted by molar-refractivity contribution is 6.15. The number of carbonyl (C=O) groups excluding carboxylic acids is 2. The van der Waals surface area contributed by atoms with Crippen LogP contribution in [0.1, 0.15) is 45.1 Å². The van der Waals surface area contributed by atoms with Gasteiger partial charge in [0.25, 0.3) is 0 Å². The normalized spacial score (nSPS) is 25.0. The SMILES string of the molecule is CC(C)C1(N2C(=O)[C@@]3(CCNC3=O)Cc3cnc(Nc4ccc(N5CCN(C)CC5)c(F)c4)nc32)CCC1. The minimum Gasteiger partial charge on any atom is -0.367 e. The van der Waals surface area contributed by atoms with Gasteiger partial charge in [-0.2, -0.15) is 4.98 Å². The summed E-state index contributed by atoms with van der Waals surface area (Å²) < 4.78 is 15.1. The molecule has 1 aromatic heterocycles. The number of hydrogen-bond donors (Lipinski definition) is 2. The van der Waals surface area contributed by atoms with Gasteiger partial charge in [0.15, 0.2) is 0 Å². The monoisotopic (exact) mass is 521 g/mol. The van der Waals surface area contributed by atoms with Crippen LogP contribution in [0.3, 0.4) is 0 Å². The number of amides is 2. The molecular formula is C28H36FN7O2. The number of fused-ring (bicyclic) bond motifs is 1. The lowest BCUT2D eigenvalue weighted by Gasteiger charge is -2.56. The van der Waals surface area contributed by atoms with Crippen molar-refractivity contribution in [2.45, 2.75) is 51.5 Å². The first-order valence-electron chi connectivity index (χ1n) is 13.7. The molecule has 202 valence electrons. The van der Waals surface area contributed by atoms with Crippen LogP contribution < -0.4 is 20.4 Å². The lowest BCUT2D eigenvalue weighted by molar-refractivity contribution is -0.141. The Kier molecular flexibility index (Phi) is 6.05. The van der Waals surface area contributed by atoms with Crippen LogP contribution in [0.25, 0.3) is 0 Å². The highest BCUT2D eigenvalue weighted by atomic mass is 19.1. The van der Waals surface area contributed by atoms with Gasteiger partial charge in [0.1, 0.15) is 17.1 Å². The minimum atomic E-state index is -1.09. The molecule has 1 atom stereocenters. The van der Waals surface area contributed by atoms with E-state index in [-0.39, 0.29) is 29.1 Å². The van der Waals surface area contributed by atoms with Crippen LogP contribution >= 0.6 is 0 Å². The second-order valence-corrected chi connectivity index (χ2v) is 11.6. The summed E-state index contributed by atoms with van der Waals surface area (Å²) in [6, 6.07) is 5.10. The van der Waals surface area contributed by atoms with Crippen molar-refractivity contribution >= 4 is 35.0 Å². The summed E-state index contributed by atoms with van der Waals surface area (Å²) in [5.41, 5.74) is 0.476. The number of benzene rings is 1. The summed E-state index contributed by atoms with van der Waals surface area (Å²) in [5, 5.41) is 6.03. The molecule has 2 N–H and O–H groups in total. The van der Waals surface area contributed by atoms with Gasteiger partial charge in [0.05, 0.1) is 11.2 Å². The Morgan fingerprint density at radius 1 is 1.11 bits per heavy atom. The van der Waals surface area contributed by atoms with E-state index in [1.165, 1.54) is 6.07 Å². The largest absolute Gasteiger partial charge is 0.367 e. The number of rotatable bonds is 5. The molecule has 1 aliphatic carbocycles. The van der Waals surface area contributed by atoms with Crippen LogP contribution in [0.4, 0.5) is 27.5 Å². The van der Waals surface area contributed by atoms with E-state index in [0.717, 1.165) is 51.0 Å². The molecule has 2 amide bonds. The van der Waals surface area contributed by atoms with Gasteiger partial charge < -0.3 is 20.4 Å². The zero-order valence-corrected chi connectivity index (χ0v) is 22.4. The number of halogens is 1. The predicted octanol–water partition coefficient (Wildman–Crippen LogP) is 3.09. The van der Waals surface area contributed by atoms with E-state index in [2.05, 4.69) is 46.3 Å². The van der Waals surface area contributed by atoms with Gasteiger partial charge in [-0.25, -0.2) is 9.37 Å². The second kappa shape index (κ2) is 9.18. The standard InChI is InChI=1S/C28H36FN7O2/c1-18(2)28(7-4-8-28)36-23-19(16-27(25(36)38)9-10-30-24(27)37)17-31-26(33-23)32-20-5-6-22(21(29)15-20)35-13-11-34(3)12-14-35/h5-6,15,17-18H,4,7-14,16H2,1-3H3,(H,30,37)(H,31,32,33)/t27-/m0/s1. The van der Waals surface area contributed by atoms with Crippen molar-refractivity contribution in [2.75, 3.05) is 54.9 Å². The van der Waals surface area contributed by atoms with Crippen LogP contribution in [0.15, 0.2) is 24.4 Å². The molecule has 0 unspecified atom stereocenters. The molecule has 1 spiro atoms. The van der Waals surface area contributed by atoms with Crippen LogP contribution in [0, 0.1) is 17.2 Å². The molecule has 3 fully saturated rings. The van der Waals surface area contributed by atoms with Crippen LogP contribution in [-0.2, 0) is 16.0 Å². The average molecular weight is 522 g/mol. The van der Waals surface area contributed by atoms with Crippen LogP contribution in [0.2, 0.25) is 0 Å². The third kappa shape index (κ3) is 3.83.